The molecule has 1 aliphatic rings. The summed E-state index contributed by atoms with van der Waals surface area (Å²) < 4.78 is 5.52. The van der Waals surface area contributed by atoms with Gasteiger partial charge in [0.2, 0.25) is 17.7 Å². The fraction of sp³-hybridized carbons (Fsp3) is 0.643. The highest BCUT2D eigenvalue weighted by atomic mass is 16.4. The van der Waals surface area contributed by atoms with Gasteiger partial charge < -0.3 is 14.6 Å². The van der Waals surface area contributed by atoms with Crippen LogP contribution >= 0.6 is 0 Å². The quantitative estimate of drug-likeness (QED) is 0.901. The maximum atomic E-state index is 12.4. The fourth-order valence-corrected chi connectivity index (χ4v) is 2.31. The molecule has 2 rings (SSSR count). The third-order valence-corrected chi connectivity index (χ3v) is 3.53. The monoisotopic (exact) mass is 279 g/mol. The number of carbonyl (C=O) groups is 2. The molecule has 2 amide bonds. The topological polar surface area (TPSA) is 75.4 Å². The minimum Gasteiger partial charge on any atom is -0.444 e. The van der Waals surface area contributed by atoms with Crippen molar-refractivity contribution in [3.8, 4) is 0 Å². The zero-order chi connectivity index (χ0) is 14.7. The molecule has 1 atom stereocenters. The summed E-state index contributed by atoms with van der Waals surface area (Å²) in [6, 6.07) is -0.424. The van der Waals surface area contributed by atoms with E-state index in [4.69, 9.17) is 4.42 Å². The number of aromatic nitrogens is 1. The molecule has 0 radical (unpaired) electrons. The largest absolute Gasteiger partial charge is 0.444 e. The van der Waals surface area contributed by atoms with E-state index >= 15 is 0 Å². The molecule has 1 aromatic rings. The summed E-state index contributed by atoms with van der Waals surface area (Å²) in [5.41, 5.74) is 0.835. The maximum absolute atomic E-state index is 12.4. The van der Waals surface area contributed by atoms with Crippen molar-refractivity contribution in [1.82, 2.24) is 15.2 Å². The van der Waals surface area contributed by atoms with Crippen LogP contribution in [0, 0.1) is 13.8 Å². The number of nitrogens with one attached hydrogen (secondary N) is 1. The van der Waals surface area contributed by atoms with Crippen molar-refractivity contribution in [2.75, 3.05) is 6.54 Å². The van der Waals surface area contributed by atoms with E-state index in [9.17, 15) is 9.59 Å². The van der Waals surface area contributed by atoms with Crippen molar-refractivity contribution in [1.29, 1.82) is 0 Å². The highest BCUT2D eigenvalue weighted by molar-refractivity contribution is 5.89. The Morgan fingerprint density at radius 1 is 1.40 bits per heavy atom. The van der Waals surface area contributed by atoms with Crippen LogP contribution in [0.2, 0.25) is 0 Å². The Morgan fingerprint density at radius 2 is 2.15 bits per heavy atom. The van der Waals surface area contributed by atoms with E-state index in [0.717, 1.165) is 17.9 Å². The number of carbonyl (C=O) groups excluding carboxylic acids is 2. The summed E-state index contributed by atoms with van der Waals surface area (Å²) in [4.78, 5) is 30.0. The van der Waals surface area contributed by atoms with E-state index < -0.39 is 6.04 Å². The standard InChI is InChI=1S/C14H21N3O3/c1-4-5-11-14(19)17(7-6-12(18)16-11)8-13-15-9(2)10(3)20-13/h11H,4-8H2,1-3H3,(H,16,18). The van der Waals surface area contributed by atoms with Gasteiger partial charge in [0.15, 0.2) is 0 Å². The van der Waals surface area contributed by atoms with Crippen molar-refractivity contribution >= 4 is 11.8 Å². The van der Waals surface area contributed by atoms with Crippen molar-refractivity contribution in [2.24, 2.45) is 0 Å². The summed E-state index contributed by atoms with van der Waals surface area (Å²) in [6.07, 6.45) is 1.83. The van der Waals surface area contributed by atoms with E-state index in [-0.39, 0.29) is 11.8 Å². The molecular formula is C14H21N3O3. The SMILES string of the molecule is CCCC1NC(=O)CCN(Cc2nc(C)c(C)o2)C1=O. The van der Waals surface area contributed by atoms with Crippen LogP contribution in [0.15, 0.2) is 4.42 Å². The normalized spacial score (nSPS) is 19.9. The second-order valence-electron chi connectivity index (χ2n) is 5.17. The number of hydrogen-bond donors (Lipinski definition) is 1. The Morgan fingerprint density at radius 3 is 2.75 bits per heavy atom. The maximum Gasteiger partial charge on any atom is 0.245 e. The van der Waals surface area contributed by atoms with Crippen LogP contribution in [0.25, 0.3) is 0 Å². The lowest BCUT2D eigenvalue weighted by Gasteiger charge is -2.22. The molecule has 6 heteroatoms. The molecule has 1 N–H and O–H groups in total. The zero-order valence-electron chi connectivity index (χ0n) is 12.2. The highest BCUT2D eigenvalue weighted by Gasteiger charge is 2.30. The number of aryl methyl sites for hydroxylation is 2. The molecule has 20 heavy (non-hydrogen) atoms. The Labute approximate surface area is 118 Å². The van der Waals surface area contributed by atoms with Crippen LogP contribution in [0.1, 0.15) is 43.5 Å². The predicted molar refractivity (Wildman–Crippen MR) is 72.8 cm³/mol. The van der Waals surface area contributed by atoms with E-state index in [2.05, 4.69) is 10.3 Å². The van der Waals surface area contributed by atoms with E-state index in [1.807, 2.05) is 20.8 Å². The minimum atomic E-state index is -0.424. The third kappa shape index (κ3) is 3.18. The number of amides is 2. The number of nitrogens with zero attached hydrogens (tertiary/aromatic N) is 2. The van der Waals surface area contributed by atoms with Crippen molar-refractivity contribution in [3.05, 3.63) is 17.3 Å². The first-order valence-electron chi connectivity index (χ1n) is 7.02. The molecule has 1 aliphatic heterocycles. The first-order valence-corrected chi connectivity index (χ1v) is 7.02. The molecule has 0 spiro atoms. The van der Waals surface area contributed by atoms with Crippen LogP contribution in [0.3, 0.4) is 0 Å². The number of oxazole rings is 1. The molecule has 1 fully saturated rings. The summed E-state index contributed by atoms with van der Waals surface area (Å²) in [6.45, 7) is 6.45. The van der Waals surface area contributed by atoms with Crippen LogP contribution < -0.4 is 5.32 Å². The van der Waals surface area contributed by atoms with Gasteiger partial charge in [-0.05, 0) is 20.3 Å². The molecule has 2 heterocycles. The fourth-order valence-electron chi connectivity index (χ4n) is 2.31. The van der Waals surface area contributed by atoms with Crippen molar-refractivity contribution in [2.45, 2.75) is 52.6 Å². The van der Waals surface area contributed by atoms with Gasteiger partial charge in [-0.1, -0.05) is 13.3 Å². The Kier molecular flexibility index (Phi) is 4.42. The lowest BCUT2D eigenvalue weighted by atomic mass is 10.1. The average molecular weight is 279 g/mol. The van der Waals surface area contributed by atoms with Gasteiger partial charge in [-0.15, -0.1) is 0 Å². The molecule has 0 aliphatic carbocycles. The number of rotatable bonds is 4. The van der Waals surface area contributed by atoms with Crippen molar-refractivity contribution < 1.29 is 14.0 Å². The first kappa shape index (κ1) is 14.6. The Balaban J connectivity index is 2.12. The van der Waals surface area contributed by atoms with Gasteiger partial charge in [0.1, 0.15) is 11.8 Å². The van der Waals surface area contributed by atoms with Gasteiger partial charge in [-0.3, -0.25) is 9.59 Å². The van der Waals surface area contributed by atoms with E-state index in [1.54, 1.807) is 4.90 Å². The first-order chi connectivity index (χ1) is 9.51. The molecule has 0 aromatic carbocycles. The zero-order valence-corrected chi connectivity index (χ0v) is 12.2. The second-order valence-corrected chi connectivity index (χ2v) is 5.17. The minimum absolute atomic E-state index is 0.0498. The lowest BCUT2D eigenvalue weighted by molar-refractivity contribution is -0.134. The molecule has 0 bridgehead atoms. The van der Waals surface area contributed by atoms with E-state index in [0.29, 0.717) is 31.8 Å². The predicted octanol–water partition coefficient (Wildman–Crippen LogP) is 1.31. The average Bonchev–Trinajstić information content (AvgIpc) is 2.65. The molecule has 1 unspecified atom stereocenters. The van der Waals surface area contributed by atoms with Gasteiger partial charge in [0.25, 0.3) is 0 Å². The molecule has 1 aromatic heterocycles. The summed E-state index contributed by atoms with van der Waals surface area (Å²) in [5.74, 6) is 1.17. The van der Waals surface area contributed by atoms with Crippen molar-refractivity contribution in [3.63, 3.8) is 0 Å². The second kappa shape index (κ2) is 6.07. The third-order valence-electron chi connectivity index (χ3n) is 3.53. The lowest BCUT2D eigenvalue weighted by Crippen LogP contribution is -2.44. The molecular weight excluding hydrogens is 258 g/mol. The summed E-state index contributed by atoms with van der Waals surface area (Å²) in [7, 11) is 0. The summed E-state index contributed by atoms with van der Waals surface area (Å²) in [5, 5.41) is 2.78. The number of hydrogen-bond acceptors (Lipinski definition) is 4. The molecule has 6 nitrogen and oxygen atoms in total. The van der Waals surface area contributed by atoms with Gasteiger partial charge in [0, 0.05) is 13.0 Å². The summed E-state index contributed by atoms with van der Waals surface area (Å²) >= 11 is 0. The molecule has 110 valence electrons. The van der Waals surface area contributed by atoms with Gasteiger partial charge in [-0.2, -0.15) is 0 Å². The highest BCUT2D eigenvalue weighted by Crippen LogP contribution is 2.14. The Hall–Kier alpha value is -1.85. The van der Waals surface area contributed by atoms with Crippen LogP contribution in [-0.2, 0) is 16.1 Å². The van der Waals surface area contributed by atoms with Crippen LogP contribution in [0.5, 0.6) is 0 Å². The van der Waals surface area contributed by atoms with Crippen LogP contribution in [0.4, 0.5) is 0 Å². The van der Waals surface area contributed by atoms with Gasteiger partial charge >= 0.3 is 0 Å². The van der Waals surface area contributed by atoms with Gasteiger partial charge in [-0.25, -0.2) is 4.98 Å². The molecule has 1 saturated heterocycles. The van der Waals surface area contributed by atoms with Gasteiger partial charge in [0.05, 0.1) is 12.2 Å². The van der Waals surface area contributed by atoms with Crippen LogP contribution in [-0.4, -0.2) is 34.3 Å². The molecule has 0 saturated carbocycles. The Bertz CT molecular complexity index is 490. The van der Waals surface area contributed by atoms with E-state index in [1.165, 1.54) is 0 Å². The smallest absolute Gasteiger partial charge is 0.245 e.